The van der Waals surface area contributed by atoms with Crippen LogP contribution in [0.3, 0.4) is 0 Å². The van der Waals surface area contributed by atoms with E-state index in [9.17, 15) is 14.3 Å². The highest BCUT2D eigenvalue weighted by atomic mass is 19.1. The molecule has 5 heteroatoms. The van der Waals surface area contributed by atoms with E-state index in [2.05, 4.69) is 5.32 Å². The Hall–Kier alpha value is -2.24. The quantitative estimate of drug-likeness (QED) is 0.818. The Morgan fingerprint density at radius 2 is 1.88 bits per heavy atom. The van der Waals surface area contributed by atoms with Crippen molar-refractivity contribution in [1.82, 2.24) is 10.2 Å². The molecule has 0 saturated carbocycles. The Morgan fingerprint density at radius 1 is 1.17 bits per heavy atom. The Labute approximate surface area is 141 Å². The molecule has 0 spiro atoms. The zero-order valence-corrected chi connectivity index (χ0v) is 13.9. The number of rotatable bonds is 7. The van der Waals surface area contributed by atoms with E-state index in [-0.39, 0.29) is 18.5 Å². The zero-order chi connectivity index (χ0) is 17.5. The van der Waals surface area contributed by atoms with E-state index in [4.69, 9.17) is 0 Å². The summed E-state index contributed by atoms with van der Waals surface area (Å²) in [6, 6.07) is 15.2. The predicted octanol–water partition coefficient (Wildman–Crippen LogP) is 2.15. The molecule has 0 fully saturated rings. The van der Waals surface area contributed by atoms with E-state index in [0.717, 1.165) is 5.56 Å². The van der Waals surface area contributed by atoms with Crippen LogP contribution < -0.4 is 5.32 Å². The van der Waals surface area contributed by atoms with E-state index in [0.29, 0.717) is 12.0 Å². The van der Waals surface area contributed by atoms with Gasteiger partial charge in [0.05, 0.1) is 12.1 Å². The average molecular weight is 330 g/mol. The van der Waals surface area contributed by atoms with Crippen molar-refractivity contribution in [2.75, 3.05) is 20.6 Å². The standard InChI is InChI=1S/C19H23FN2O2/c1-22(2)17(11-14-7-4-3-5-8-14)19(24)21-13-18(23)15-9-6-10-16(20)12-15/h3-10,12,17-18,23H,11,13H2,1-2H3,(H,21,24)/t17-,18-/m1/s1. The molecule has 0 bridgehead atoms. The maximum atomic E-state index is 13.2. The van der Waals surface area contributed by atoms with Gasteiger partial charge in [0.25, 0.3) is 0 Å². The van der Waals surface area contributed by atoms with Gasteiger partial charge in [0, 0.05) is 6.54 Å². The molecule has 0 aliphatic rings. The summed E-state index contributed by atoms with van der Waals surface area (Å²) in [4.78, 5) is 14.3. The lowest BCUT2D eigenvalue weighted by Crippen LogP contribution is -2.45. The van der Waals surface area contributed by atoms with Gasteiger partial charge in [-0.3, -0.25) is 9.69 Å². The second kappa shape index (κ2) is 8.57. The molecule has 2 rings (SSSR count). The predicted molar refractivity (Wildman–Crippen MR) is 92.0 cm³/mol. The summed E-state index contributed by atoms with van der Waals surface area (Å²) in [5, 5.41) is 12.9. The fourth-order valence-corrected chi connectivity index (χ4v) is 2.49. The van der Waals surface area contributed by atoms with Crippen molar-refractivity contribution < 1.29 is 14.3 Å². The van der Waals surface area contributed by atoms with Crippen LogP contribution in [0.4, 0.5) is 4.39 Å². The van der Waals surface area contributed by atoms with Crippen LogP contribution >= 0.6 is 0 Å². The lowest BCUT2D eigenvalue weighted by molar-refractivity contribution is -0.126. The Balaban J connectivity index is 1.95. The number of hydrogen-bond acceptors (Lipinski definition) is 3. The van der Waals surface area contributed by atoms with Gasteiger partial charge in [-0.05, 0) is 43.8 Å². The third kappa shape index (κ3) is 5.15. The molecule has 0 heterocycles. The maximum absolute atomic E-state index is 13.2. The first-order chi connectivity index (χ1) is 11.5. The number of nitrogens with one attached hydrogen (secondary N) is 1. The molecular weight excluding hydrogens is 307 g/mol. The second-order valence-corrected chi connectivity index (χ2v) is 5.99. The van der Waals surface area contributed by atoms with Crippen LogP contribution in [0.15, 0.2) is 54.6 Å². The highest BCUT2D eigenvalue weighted by Gasteiger charge is 2.22. The summed E-state index contributed by atoms with van der Waals surface area (Å²) in [5.74, 6) is -0.576. The maximum Gasteiger partial charge on any atom is 0.237 e. The minimum atomic E-state index is -0.941. The van der Waals surface area contributed by atoms with Gasteiger partial charge in [-0.2, -0.15) is 0 Å². The summed E-state index contributed by atoms with van der Waals surface area (Å²) in [6.07, 6.45) is -0.361. The number of aliphatic hydroxyl groups excluding tert-OH is 1. The molecule has 2 atom stereocenters. The highest BCUT2D eigenvalue weighted by Crippen LogP contribution is 2.13. The van der Waals surface area contributed by atoms with E-state index < -0.39 is 11.9 Å². The van der Waals surface area contributed by atoms with Crippen molar-refractivity contribution in [2.45, 2.75) is 18.6 Å². The number of halogens is 1. The summed E-state index contributed by atoms with van der Waals surface area (Å²) in [6.45, 7) is 0.0431. The minimum absolute atomic E-state index is 0.0431. The van der Waals surface area contributed by atoms with Crippen molar-refractivity contribution >= 4 is 5.91 Å². The molecule has 128 valence electrons. The van der Waals surface area contributed by atoms with Gasteiger partial charge in [0.2, 0.25) is 5.91 Å². The summed E-state index contributed by atoms with van der Waals surface area (Å²) < 4.78 is 13.2. The van der Waals surface area contributed by atoms with E-state index >= 15 is 0 Å². The number of hydrogen-bond donors (Lipinski definition) is 2. The topological polar surface area (TPSA) is 52.6 Å². The van der Waals surface area contributed by atoms with Gasteiger partial charge in [-0.25, -0.2) is 4.39 Å². The van der Waals surface area contributed by atoms with Crippen LogP contribution in [-0.4, -0.2) is 42.6 Å². The molecule has 2 aromatic carbocycles. The molecule has 2 N–H and O–H groups in total. The summed E-state index contributed by atoms with van der Waals surface area (Å²) in [7, 11) is 3.69. The number of nitrogens with zero attached hydrogens (tertiary/aromatic N) is 1. The third-order valence-corrected chi connectivity index (χ3v) is 3.90. The van der Waals surface area contributed by atoms with Crippen LogP contribution in [0.5, 0.6) is 0 Å². The molecule has 24 heavy (non-hydrogen) atoms. The first kappa shape index (κ1) is 18.1. The van der Waals surface area contributed by atoms with Gasteiger partial charge in [0.15, 0.2) is 0 Å². The Morgan fingerprint density at radius 3 is 2.50 bits per heavy atom. The second-order valence-electron chi connectivity index (χ2n) is 5.99. The van der Waals surface area contributed by atoms with E-state index in [1.807, 2.05) is 49.3 Å². The molecule has 1 amide bonds. The largest absolute Gasteiger partial charge is 0.387 e. The molecule has 4 nitrogen and oxygen atoms in total. The molecule has 0 aliphatic carbocycles. The Kier molecular flexibility index (Phi) is 6.46. The van der Waals surface area contributed by atoms with Gasteiger partial charge < -0.3 is 10.4 Å². The Bertz CT molecular complexity index is 661. The van der Waals surface area contributed by atoms with E-state index in [1.165, 1.54) is 18.2 Å². The van der Waals surface area contributed by atoms with Crippen LogP contribution in [0.1, 0.15) is 17.2 Å². The minimum Gasteiger partial charge on any atom is -0.387 e. The number of likely N-dealkylation sites (N-methyl/N-ethyl adjacent to an activating group) is 1. The molecule has 0 radical (unpaired) electrons. The van der Waals surface area contributed by atoms with E-state index in [1.54, 1.807) is 6.07 Å². The van der Waals surface area contributed by atoms with Crippen molar-refractivity contribution in [3.05, 3.63) is 71.5 Å². The van der Waals surface area contributed by atoms with Crippen LogP contribution in [-0.2, 0) is 11.2 Å². The first-order valence-electron chi connectivity index (χ1n) is 7.89. The van der Waals surface area contributed by atoms with Crippen molar-refractivity contribution in [3.63, 3.8) is 0 Å². The number of benzene rings is 2. The third-order valence-electron chi connectivity index (χ3n) is 3.90. The molecule has 0 unspecified atom stereocenters. The fourth-order valence-electron chi connectivity index (χ4n) is 2.49. The van der Waals surface area contributed by atoms with Gasteiger partial charge in [-0.15, -0.1) is 0 Å². The first-order valence-corrected chi connectivity index (χ1v) is 7.89. The van der Waals surface area contributed by atoms with Crippen molar-refractivity contribution in [1.29, 1.82) is 0 Å². The zero-order valence-electron chi connectivity index (χ0n) is 13.9. The van der Waals surface area contributed by atoms with Gasteiger partial charge in [0.1, 0.15) is 5.82 Å². The van der Waals surface area contributed by atoms with Gasteiger partial charge in [-0.1, -0.05) is 42.5 Å². The summed E-state index contributed by atoms with van der Waals surface area (Å²) in [5.41, 5.74) is 1.51. The van der Waals surface area contributed by atoms with Crippen LogP contribution in [0.2, 0.25) is 0 Å². The smallest absolute Gasteiger partial charge is 0.237 e. The summed E-state index contributed by atoms with van der Waals surface area (Å²) >= 11 is 0. The molecule has 2 aromatic rings. The molecule has 0 aliphatic heterocycles. The number of carbonyl (C=O) groups is 1. The SMILES string of the molecule is CN(C)[C@H](Cc1ccccc1)C(=O)NC[C@@H](O)c1cccc(F)c1. The number of carbonyl (C=O) groups excluding carboxylic acids is 1. The van der Waals surface area contributed by atoms with Crippen molar-refractivity contribution in [3.8, 4) is 0 Å². The average Bonchev–Trinajstić information content (AvgIpc) is 2.58. The molecule has 0 aromatic heterocycles. The van der Waals surface area contributed by atoms with Crippen LogP contribution in [0, 0.1) is 5.82 Å². The van der Waals surface area contributed by atoms with Gasteiger partial charge >= 0.3 is 0 Å². The molecular formula is C19H23FN2O2. The van der Waals surface area contributed by atoms with Crippen molar-refractivity contribution in [2.24, 2.45) is 0 Å². The normalized spacial score (nSPS) is 13.5. The highest BCUT2D eigenvalue weighted by molar-refractivity contribution is 5.82. The monoisotopic (exact) mass is 330 g/mol. The lowest BCUT2D eigenvalue weighted by atomic mass is 10.0. The molecule has 0 saturated heterocycles. The number of amides is 1. The number of aliphatic hydroxyl groups is 1. The fraction of sp³-hybridized carbons (Fsp3) is 0.316. The van der Waals surface area contributed by atoms with Crippen LogP contribution in [0.25, 0.3) is 0 Å². The lowest BCUT2D eigenvalue weighted by Gasteiger charge is -2.24.